The highest BCUT2D eigenvalue weighted by atomic mass is 32.2. The van der Waals surface area contributed by atoms with Gasteiger partial charge in [-0.25, -0.2) is 0 Å². The number of Topliss-reactive ketones (excluding diaryl/α,β-unsaturated/α-hetero) is 1. The van der Waals surface area contributed by atoms with Gasteiger partial charge in [0.15, 0.2) is 5.78 Å². The number of hydrogen-bond acceptors (Lipinski definition) is 7. The molecule has 0 N–H and O–H groups in total. The van der Waals surface area contributed by atoms with E-state index >= 15 is 0 Å². The normalized spacial score (nSPS) is 11.1. The van der Waals surface area contributed by atoms with Gasteiger partial charge in [-0.2, -0.15) is 0 Å². The molecule has 0 aliphatic heterocycles. The van der Waals surface area contributed by atoms with Crippen LogP contribution in [0.3, 0.4) is 0 Å². The lowest BCUT2D eigenvalue weighted by Crippen LogP contribution is -2.05. The maximum atomic E-state index is 12.9. The molecule has 4 rings (SSSR count). The van der Waals surface area contributed by atoms with Crippen molar-refractivity contribution in [2.75, 3.05) is 12.4 Å². The van der Waals surface area contributed by atoms with Crippen LogP contribution in [-0.4, -0.2) is 32.9 Å². The van der Waals surface area contributed by atoms with Crippen LogP contribution < -0.4 is 4.74 Å². The van der Waals surface area contributed by atoms with Crippen LogP contribution >= 0.6 is 11.8 Å². The van der Waals surface area contributed by atoms with Gasteiger partial charge < -0.3 is 18.1 Å². The summed E-state index contributed by atoms with van der Waals surface area (Å²) in [6.45, 7) is 8.35. The Kier molecular flexibility index (Phi) is 5.99. The van der Waals surface area contributed by atoms with Gasteiger partial charge in [0.25, 0.3) is 11.1 Å². The highest BCUT2D eigenvalue weighted by Crippen LogP contribution is 2.28. The van der Waals surface area contributed by atoms with Crippen molar-refractivity contribution in [3.05, 3.63) is 65.4 Å². The van der Waals surface area contributed by atoms with Gasteiger partial charge in [-0.1, -0.05) is 11.8 Å². The average molecular weight is 438 g/mol. The van der Waals surface area contributed by atoms with Gasteiger partial charge in [-0.05, 0) is 64.1 Å². The van der Waals surface area contributed by atoms with Crippen LogP contribution in [0, 0.1) is 20.8 Å². The number of furan rings is 1. The molecule has 3 aromatic heterocycles. The molecule has 0 saturated heterocycles. The van der Waals surface area contributed by atoms with E-state index in [0.29, 0.717) is 29.0 Å². The molecule has 0 saturated carbocycles. The van der Waals surface area contributed by atoms with E-state index in [2.05, 4.69) is 14.8 Å². The van der Waals surface area contributed by atoms with Gasteiger partial charge in [0.2, 0.25) is 0 Å². The van der Waals surface area contributed by atoms with E-state index in [1.54, 1.807) is 12.3 Å². The highest BCUT2D eigenvalue weighted by Gasteiger charge is 2.19. The minimum atomic E-state index is 0.00882. The lowest BCUT2D eigenvalue weighted by Gasteiger charge is -2.11. The molecule has 3 heterocycles. The first kappa shape index (κ1) is 21.0. The highest BCUT2D eigenvalue weighted by molar-refractivity contribution is 7.99. The zero-order valence-electron chi connectivity index (χ0n) is 17.8. The van der Waals surface area contributed by atoms with Crippen LogP contribution in [0.2, 0.25) is 0 Å². The number of ketones is 1. The van der Waals surface area contributed by atoms with Crippen LogP contribution in [-0.2, 0) is 0 Å². The molecule has 8 heteroatoms. The molecule has 0 spiro atoms. The SMILES string of the molecule is CCOc1ccc(-n2c(C)cc(C(=O)CSc3nnc(-c4ccoc4C)o3)c2C)cc1. The Bertz CT molecular complexity index is 1200. The first-order valence-corrected chi connectivity index (χ1v) is 10.9. The zero-order valence-corrected chi connectivity index (χ0v) is 18.7. The molecular formula is C23H23N3O4S. The summed E-state index contributed by atoms with van der Waals surface area (Å²) in [5.74, 6) is 2.13. The summed E-state index contributed by atoms with van der Waals surface area (Å²) in [4.78, 5) is 12.9. The first-order valence-electron chi connectivity index (χ1n) is 9.94. The number of aryl methyl sites for hydroxylation is 2. The van der Waals surface area contributed by atoms with E-state index in [1.807, 2.05) is 58.0 Å². The number of benzene rings is 1. The zero-order chi connectivity index (χ0) is 22.0. The molecule has 31 heavy (non-hydrogen) atoms. The molecular weight excluding hydrogens is 414 g/mol. The van der Waals surface area contributed by atoms with Gasteiger partial charge in [0.1, 0.15) is 11.5 Å². The van der Waals surface area contributed by atoms with E-state index < -0.39 is 0 Å². The Morgan fingerprint density at radius 2 is 1.90 bits per heavy atom. The monoisotopic (exact) mass is 437 g/mol. The second-order valence-corrected chi connectivity index (χ2v) is 7.95. The fraction of sp³-hybridized carbons (Fsp3) is 0.261. The number of ether oxygens (including phenoxy) is 1. The van der Waals surface area contributed by atoms with Gasteiger partial charge >= 0.3 is 0 Å². The van der Waals surface area contributed by atoms with E-state index in [9.17, 15) is 4.79 Å². The molecule has 1 aromatic carbocycles. The number of hydrogen-bond donors (Lipinski definition) is 0. The Morgan fingerprint density at radius 3 is 2.58 bits per heavy atom. The van der Waals surface area contributed by atoms with E-state index in [4.69, 9.17) is 13.6 Å². The third-order valence-corrected chi connectivity index (χ3v) is 5.78. The van der Waals surface area contributed by atoms with E-state index in [0.717, 1.165) is 28.4 Å². The van der Waals surface area contributed by atoms with Gasteiger partial charge in [-0.15, -0.1) is 10.2 Å². The van der Waals surface area contributed by atoms with E-state index in [-0.39, 0.29) is 11.5 Å². The summed E-state index contributed by atoms with van der Waals surface area (Å²) in [7, 11) is 0. The Balaban J connectivity index is 1.48. The Labute approximate surface area is 184 Å². The molecule has 0 unspecified atom stereocenters. The fourth-order valence-electron chi connectivity index (χ4n) is 3.49. The van der Waals surface area contributed by atoms with Crippen molar-refractivity contribution < 1.29 is 18.4 Å². The topological polar surface area (TPSA) is 83.3 Å². The number of rotatable bonds is 8. The quantitative estimate of drug-likeness (QED) is 0.269. The van der Waals surface area contributed by atoms with Crippen LogP contribution in [0.15, 0.2) is 56.7 Å². The lowest BCUT2D eigenvalue weighted by molar-refractivity contribution is 0.102. The predicted octanol–water partition coefficient (Wildman–Crippen LogP) is 5.42. The van der Waals surface area contributed by atoms with E-state index in [1.165, 1.54) is 11.8 Å². The maximum absolute atomic E-state index is 12.9. The summed E-state index contributed by atoms with van der Waals surface area (Å²) < 4.78 is 18.5. The summed E-state index contributed by atoms with van der Waals surface area (Å²) in [5.41, 5.74) is 4.31. The predicted molar refractivity (Wildman–Crippen MR) is 118 cm³/mol. The molecule has 4 aromatic rings. The second-order valence-electron chi connectivity index (χ2n) is 7.02. The van der Waals surface area contributed by atoms with Crippen molar-refractivity contribution in [3.63, 3.8) is 0 Å². The maximum Gasteiger partial charge on any atom is 0.277 e. The fourth-order valence-corrected chi connectivity index (χ4v) is 4.14. The number of aromatic nitrogens is 3. The van der Waals surface area contributed by atoms with Crippen molar-refractivity contribution >= 4 is 17.5 Å². The molecule has 0 aliphatic carbocycles. The second kappa shape index (κ2) is 8.85. The minimum absolute atomic E-state index is 0.00882. The Hall–Kier alpha value is -3.26. The molecule has 0 radical (unpaired) electrons. The smallest absolute Gasteiger partial charge is 0.277 e. The third kappa shape index (κ3) is 4.29. The van der Waals surface area contributed by atoms with Crippen molar-refractivity contribution in [1.29, 1.82) is 0 Å². The largest absolute Gasteiger partial charge is 0.494 e. The number of thioether (sulfide) groups is 1. The summed E-state index contributed by atoms with van der Waals surface area (Å²) >= 11 is 1.23. The van der Waals surface area contributed by atoms with Crippen LogP contribution in [0.4, 0.5) is 0 Å². The van der Waals surface area contributed by atoms with Crippen molar-refractivity contribution in [3.8, 4) is 22.9 Å². The first-order chi connectivity index (χ1) is 15.0. The third-order valence-electron chi connectivity index (χ3n) is 4.96. The van der Waals surface area contributed by atoms with Crippen molar-refractivity contribution in [2.45, 2.75) is 32.9 Å². The van der Waals surface area contributed by atoms with Crippen LogP contribution in [0.25, 0.3) is 17.1 Å². The van der Waals surface area contributed by atoms with Crippen molar-refractivity contribution in [2.24, 2.45) is 0 Å². The number of nitrogens with zero attached hydrogens (tertiary/aromatic N) is 3. The molecule has 0 amide bonds. The summed E-state index contributed by atoms with van der Waals surface area (Å²) in [5, 5.41) is 8.42. The molecule has 0 fully saturated rings. The molecule has 0 bridgehead atoms. The molecule has 7 nitrogen and oxygen atoms in total. The Morgan fingerprint density at radius 1 is 1.13 bits per heavy atom. The van der Waals surface area contributed by atoms with Crippen molar-refractivity contribution in [1.82, 2.24) is 14.8 Å². The molecule has 0 atom stereocenters. The lowest BCUT2D eigenvalue weighted by atomic mass is 10.2. The summed E-state index contributed by atoms with van der Waals surface area (Å²) in [6.07, 6.45) is 1.57. The molecule has 0 aliphatic rings. The standard InChI is InChI=1S/C23H23N3O4S/c1-5-28-18-8-6-17(7-9-18)26-14(2)12-20(15(26)3)21(27)13-31-23-25-24-22(30-23)19-10-11-29-16(19)4/h6-12H,5,13H2,1-4H3. The number of carbonyl (C=O) groups is 1. The van der Waals surface area contributed by atoms with Gasteiger partial charge in [-0.3, -0.25) is 4.79 Å². The van der Waals surface area contributed by atoms with Gasteiger partial charge in [0.05, 0.1) is 24.2 Å². The minimum Gasteiger partial charge on any atom is -0.494 e. The molecule has 160 valence electrons. The number of carbonyl (C=O) groups excluding carboxylic acids is 1. The van der Waals surface area contributed by atoms with Crippen LogP contribution in [0.5, 0.6) is 5.75 Å². The summed E-state index contributed by atoms with van der Waals surface area (Å²) in [6, 6.07) is 11.5. The average Bonchev–Trinajstić information content (AvgIpc) is 3.46. The van der Waals surface area contributed by atoms with Gasteiger partial charge in [0, 0.05) is 22.6 Å². The van der Waals surface area contributed by atoms with Crippen LogP contribution in [0.1, 0.15) is 34.4 Å².